The van der Waals surface area contributed by atoms with Crippen LogP contribution >= 0.6 is 0 Å². The highest BCUT2D eigenvalue weighted by Gasteiger charge is 2.23. The molecule has 0 aliphatic carbocycles. The van der Waals surface area contributed by atoms with E-state index in [1.54, 1.807) is 7.11 Å². The zero-order valence-corrected chi connectivity index (χ0v) is 15.0. The standard InChI is InChI=1S/C21H18O5/c1-11-5-8-18(24-11)19-15-7-6-14(23-4)10-16(15)20(26-13(3)22)17-9-12(2)25-21(17)19/h5-10H,1-4H3. The first kappa shape index (κ1) is 16.3. The monoisotopic (exact) mass is 350 g/mol. The number of furan rings is 2. The molecule has 0 fully saturated rings. The van der Waals surface area contributed by atoms with E-state index in [0.29, 0.717) is 22.8 Å². The van der Waals surface area contributed by atoms with Gasteiger partial charge in [-0.3, -0.25) is 4.79 Å². The molecule has 0 unspecified atom stereocenters. The van der Waals surface area contributed by atoms with Crippen molar-refractivity contribution in [2.75, 3.05) is 7.11 Å². The first-order chi connectivity index (χ1) is 12.5. The average Bonchev–Trinajstić information content (AvgIpc) is 3.19. The van der Waals surface area contributed by atoms with Gasteiger partial charge >= 0.3 is 5.97 Å². The lowest BCUT2D eigenvalue weighted by Crippen LogP contribution is -2.03. The zero-order valence-electron chi connectivity index (χ0n) is 15.0. The molecule has 0 aliphatic heterocycles. The molecule has 4 rings (SSSR count). The first-order valence-corrected chi connectivity index (χ1v) is 8.27. The van der Waals surface area contributed by atoms with Crippen molar-refractivity contribution in [3.05, 3.63) is 47.9 Å². The lowest BCUT2D eigenvalue weighted by atomic mass is 9.98. The van der Waals surface area contributed by atoms with Gasteiger partial charge in [-0.1, -0.05) is 0 Å². The lowest BCUT2D eigenvalue weighted by Gasteiger charge is -2.13. The summed E-state index contributed by atoms with van der Waals surface area (Å²) >= 11 is 0. The summed E-state index contributed by atoms with van der Waals surface area (Å²) in [6.07, 6.45) is 0. The molecule has 132 valence electrons. The second-order valence-corrected chi connectivity index (χ2v) is 6.22. The minimum absolute atomic E-state index is 0.393. The number of carbonyl (C=O) groups is 1. The van der Waals surface area contributed by atoms with E-state index < -0.39 is 5.97 Å². The molecule has 0 bridgehead atoms. The lowest BCUT2D eigenvalue weighted by molar-refractivity contribution is -0.131. The molecule has 26 heavy (non-hydrogen) atoms. The Hall–Kier alpha value is -3.21. The van der Waals surface area contributed by atoms with E-state index in [1.807, 2.05) is 50.2 Å². The number of hydrogen-bond acceptors (Lipinski definition) is 5. The molecule has 2 aromatic carbocycles. The average molecular weight is 350 g/mol. The Labute approximate surface area is 150 Å². The maximum atomic E-state index is 11.7. The van der Waals surface area contributed by atoms with Crippen LogP contribution < -0.4 is 9.47 Å². The zero-order chi connectivity index (χ0) is 18.4. The number of hydrogen-bond donors (Lipinski definition) is 0. The predicted octanol–water partition coefficient (Wildman–Crippen LogP) is 5.40. The fourth-order valence-corrected chi connectivity index (χ4v) is 3.26. The summed E-state index contributed by atoms with van der Waals surface area (Å²) in [7, 11) is 1.60. The van der Waals surface area contributed by atoms with Crippen molar-refractivity contribution in [3.63, 3.8) is 0 Å². The van der Waals surface area contributed by atoms with Gasteiger partial charge in [-0.25, -0.2) is 0 Å². The van der Waals surface area contributed by atoms with Gasteiger partial charge in [0.15, 0.2) is 0 Å². The van der Waals surface area contributed by atoms with Crippen molar-refractivity contribution in [1.82, 2.24) is 0 Å². The summed E-state index contributed by atoms with van der Waals surface area (Å²) in [5.41, 5.74) is 1.46. The summed E-state index contributed by atoms with van der Waals surface area (Å²) in [5.74, 6) is 2.97. The van der Waals surface area contributed by atoms with E-state index >= 15 is 0 Å². The van der Waals surface area contributed by atoms with Crippen molar-refractivity contribution in [2.24, 2.45) is 0 Å². The summed E-state index contributed by atoms with van der Waals surface area (Å²) in [6.45, 7) is 5.14. The Morgan fingerprint density at radius 2 is 1.73 bits per heavy atom. The van der Waals surface area contributed by atoms with E-state index in [0.717, 1.165) is 33.2 Å². The molecule has 0 radical (unpaired) electrons. The van der Waals surface area contributed by atoms with Crippen LogP contribution in [0.1, 0.15) is 18.4 Å². The number of aryl methyl sites for hydroxylation is 2. The van der Waals surface area contributed by atoms with Crippen LogP contribution in [0.5, 0.6) is 11.5 Å². The van der Waals surface area contributed by atoms with Crippen LogP contribution in [0.25, 0.3) is 33.1 Å². The molecule has 0 saturated carbocycles. The molecular formula is C21H18O5. The van der Waals surface area contributed by atoms with Gasteiger partial charge in [-0.05, 0) is 50.2 Å². The summed E-state index contributed by atoms with van der Waals surface area (Å²) in [6, 6.07) is 11.3. The second-order valence-electron chi connectivity index (χ2n) is 6.22. The first-order valence-electron chi connectivity index (χ1n) is 8.27. The number of benzene rings is 2. The Balaban J connectivity index is 2.20. The highest BCUT2D eigenvalue weighted by molar-refractivity contribution is 6.15. The molecule has 2 aromatic heterocycles. The van der Waals surface area contributed by atoms with Crippen LogP contribution in [-0.4, -0.2) is 13.1 Å². The fourth-order valence-electron chi connectivity index (χ4n) is 3.26. The maximum Gasteiger partial charge on any atom is 0.308 e. The van der Waals surface area contributed by atoms with Gasteiger partial charge in [0.2, 0.25) is 0 Å². The third-order valence-electron chi connectivity index (χ3n) is 4.30. The van der Waals surface area contributed by atoms with Gasteiger partial charge in [0.05, 0.1) is 18.1 Å². The molecule has 0 saturated heterocycles. The second kappa shape index (κ2) is 5.95. The molecule has 0 spiro atoms. The van der Waals surface area contributed by atoms with E-state index in [1.165, 1.54) is 6.92 Å². The van der Waals surface area contributed by atoms with Crippen molar-refractivity contribution < 1.29 is 23.1 Å². The quantitative estimate of drug-likeness (QED) is 0.366. The molecule has 5 nitrogen and oxygen atoms in total. The molecular weight excluding hydrogens is 332 g/mol. The number of rotatable bonds is 3. The van der Waals surface area contributed by atoms with Crippen LogP contribution in [0, 0.1) is 13.8 Å². The molecule has 2 heterocycles. The molecule has 0 aliphatic rings. The normalized spacial score (nSPS) is 11.2. The predicted molar refractivity (Wildman–Crippen MR) is 98.8 cm³/mol. The topological polar surface area (TPSA) is 61.8 Å². The van der Waals surface area contributed by atoms with Gasteiger partial charge in [0.25, 0.3) is 0 Å². The van der Waals surface area contributed by atoms with Crippen LogP contribution in [0.2, 0.25) is 0 Å². The number of methoxy groups -OCH3 is 1. The highest BCUT2D eigenvalue weighted by Crippen LogP contribution is 2.45. The molecule has 0 atom stereocenters. The van der Waals surface area contributed by atoms with E-state index in [9.17, 15) is 4.79 Å². The SMILES string of the molecule is COc1ccc2c(-c3ccc(C)o3)c3oc(C)cc3c(OC(C)=O)c2c1. The van der Waals surface area contributed by atoms with Crippen LogP contribution in [-0.2, 0) is 4.79 Å². The van der Waals surface area contributed by atoms with Crippen molar-refractivity contribution in [3.8, 4) is 22.8 Å². The number of esters is 1. The maximum absolute atomic E-state index is 11.7. The molecule has 0 amide bonds. The van der Waals surface area contributed by atoms with Crippen molar-refractivity contribution in [1.29, 1.82) is 0 Å². The Morgan fingerprint density at radius 1 is 0.923 bits per heavy atom. The third-order valence-corrected chi connectivity index (χ3v) is 4.30. The molecule has 0 N–H and O–H groups in total. The summed E-state index contributed by atoms with van der Waals surface area (Å²) < 4.78 is 22.8. The van der Waals surface area contributed by atoms with E-state index in [-0.39, 0.29) is 0 Å². The van der Waals surface area contributed by atoms with Crippen molar-refractivity contribution >= 4 is 27.7 Å². The number of fused-ring (bicyclic) bond motifs is 2. The Kier molecular flexibility index (Phi) is 3.72. The molecule has 4 aromatic rings. The van der Waals surface area contributed by atoms with Crippen LogP contribution in [0.15, 0.2) is 45.2 Å². The smallest absolute Gasteiger partial charge is 0.308 e. The highest BCUT2D eigenvalue weighted by atomic mass is 16.5. The number of ether oxygens (including phenoxy) is 2. The van der Waals surface area contributed by atoms with Crippen molar-refractivity contribution in [2.45, 2.75) is 20.8 Å². The fraction of sp³-hybridized carbons (Fsp3) is 0.190. The Morgan fingerprint density at radius 3 is 2.38 bits per heavy atom. The minimum atomic E-state index is -0.393. The van der Waals surface area contributed by atoms with Gasteiger partial charge in [-0.2, -0.15) is 0 Å². The van der Waals surface area contributed by atoms with Gasteiger partial charge < -0.3 is 18.3 Å². The van der Waals surface area contributed by atoms with Gasteiger partial charge in [0, 0.05) is 17.7 Å². The third kappa shape index (κ3) is 2.52. The minimum Gasteiger partial charge on any atom is -0.497 e. The van der Waals surface area contributed by atoms with Crippen LogP contribution in [0.3, 0.4) is 0 Å². The summed E-state index contributed by atoms with van der Waals surface area (Å²) in [5, 5.41) is 2.35. The van der Waals surface area contributed by atoms with Gasteiger partial charge in [-0.15, -0.1) is 0 Å². The van der Waals surface area contributed by atoms with Gasteiger partial charge in [0.1, 0.15) is 34.4 Å². The van der Waals surface area contributed by atoms with Crippen LogP contribution in [0.4, 0.5) is 0 Å². The Bertz CT molecular complexity index is 1150. The van der Waals surface area contributed by atoms with E-state index in [2.05, 4.69) is 0 Å². The number of carbonyl (C=O) groups excluding carboxylic acids is 1. The summed E-state index contributed by atoms with van der Waals surface area (Å²) in [4.78, 5) is 11.7. The van der Waals surface area contributed by atoms with E-state index in [4.69, 9.17) is 18.3 Å². The molecule has 5 heteroatoms. The largest absolute Gasteiger partial charge is 0.497 e.